The average Bonchev–Trinajstić information content (AvgIpc) is 3.71. The van der Waals surface area contributed by atoms with Gasteiger partial charge in [-0.3, -0.25) is 0 Å². The van der Waals surface area contributed by atoms with E-state index < -0.39 is 0 Å². The second kappa shape index (κ2) is 11.1. The Morgan fingerprint density at radius 2 is 0.612 bits per heavy atom. The SMILES string of the molecule is c1ccc(-c2cc(-c3ccccc3)cc(-c3cccc(-c4ccc(-c5ccc6c(c5)c5cccc7c8ccccc8n6c75)cc4)c3)c2)cc1. The molecule has 0 aliphatic heterocycles. The number of nitrogens with zero attached hydrogens (tertiary/aromatic N) is 1. The summed E-state index contributed by atoms with van der Waals surface area (Å²) in [5.74, 6) is 0. The van der Waals surface area contributed by atoms with Crippen LogP contribution in [0.5, 0.6) is 0 Å². The zero-order chi connectivity index (χ0) is 32.3. The lowest BCUT2D eigenvalue weighted by Gasteiger charge is -2.12. The van der Waals surface area contributed by atoms with Crippen molar-refractivity contribution >= 4 is 38.1 Å². The lowest BCUT2D eigenvalue weighted by atomic mass is 9.92. The Bertz CT molecular complexity index is 2730. The molecule has 0 aliphatic rings. The van der Waals surface area contributed by atoms with E-state index in [4.69, 9.17) is 0 Å². The van der Waals surface area contributed by atoms with Gasteiger partial charge in [-0.05, 0) is 98.1 Å². The van der Waals surface area contributed by atoms with Crippen molar-refractivity contribution in [1.82, 2.24) is 4.40 Å². The molecule has 0 fully saturated rings. The van der Waals surface area contributed by atoms with Crippen LogP contribution in [-0.2, 0) is 0 Å². The topological polar surface area (TPSA) is 4.41 Å². The number of fused-ring (bicyclic) bond motifs is 6. The Kier molecular flexibility index (Phi) is 6.25. The maximum atomic E-state index is 2.44. The fourth-order valence-corrected chi connectivity index (χ4v) is 7.73. The molecule has 0 saturated heterocycles. The number of hydrogen-bond acceptors (Lipinski definition) is 0. The monoisotopic (exact) mass is 621 g/mol. The molecule has 0 unspecified atom stereocenters. The highest BCUT2D eigenvalue weighted by Crippen LogP contribution is 2.40. The average molecular weight is 622 g/mol. The van der Waals surface area contributed by atoms with Gasteiger partial charge in [-0.1, -0.05) is 146 Å². The van der Waals surface area contributed by atoms with E-state index in [9.17, 15) is 0 Å². The summed E-state index contributed by atoms with van der Waals surface area (Å²) in [5, 5.41) is 5.24. The highest BCUT2D eigenvalue weighted by molar-refractivity contribution is 6.23. The maximum Gasteiger partial charge on any atom is 0.0620 e. The molecule has 0 atom stereocenters. The van der Waals surface area contributed by atoms with Crippen molar-refractivity contribution in [3.63, 3.8) is 0 Å². The molecule has 0 N–H and O–H groups in total. The van der Waals surface area contributed by atoms with Crippen LogP contribution in [0.4, 0.5) is 0 Å². The lowest BCUT2D eigenvalue weighted by molar-refractivity contribution is 1.37. The Morgan fingerprint density at radius 3 is 1.27 bits per heavy atom. The quantitative estimate of drug-likeness (QED) is 0.180. The zero-order valence-electron chi connectivity index (χ0n) is 26.8. The smallest absolute Gasteiger partial charge is 0.0620 e. The van der Waals surface area contributed by atoms with Crippen molar-refractivity contribution in [2.24, 2.45) is 0 Å². The summed E-state index contributed by atoms with van der Waals surface area (Å²) in [6.07, 6.45) is 0. The summed E-state index contributed by atoms with van der Waals surface area (Å²) in [6, 6.07) is 68.6. The Labute approximate surface area is 285 Å². The third kappa shape index (κ3) is 4.55. The molecule has 0 radical (unpaired) electrons. The van der Waals surface area contributed by atoms with Crippen LogP contribution in [0, 0.1) is 0 Å². The normalized spacial score (nSPS) is 11.7. The molecule has 8 aromatic carbocycles. The van der Waals surface area contributed by atoms with Gasteiger partial charge in [0.1, 0.15) is 0 Å². The van der Waals surface area contributed by atoms with E-state index in [1.807, 2.05) is 0 Å². The molecular weight excluding hydrogens is 591 g/mol. The number of para-hydroxylation sites is 2. The summed E-state index contributed by atoms with van der Waals surface area (Å²) in [7, 11) is 0. The first-order chi connectivity index (χ1) is 24.3. The van der Waals surface area contributed by atoms with Gasteiger partial charge >= 0.3 is 0 Å². The van der Waals surface area contributed by atoms with Crippen LogP contribution in [-0.4, -0.2) is 4.40 Å². The van der Waals surface area contributed by atoms with E-state index in [0.717, 1.165) is 0 Å². The first kappa shape index (κ1) is 27.7. The van der Waals surface area contributed by atoms with Crippen LogP contribution in [0.3, 0.4) is 0 Å². The molecule has 0 saturated carbocycles. The molecular formula is C48H31N. The van der Waals surface area contributed by atoms with E-state index in [1.165, 1.54) is 93.7 Å². The highest BCUT2D eigenvalue weighted by Gasteiger charge is 2.17. The van der Waals surface area contributed by atoms with Gasteiger partial charge in [0.2, 0.25) is 0 Å². The Hall–Kier alpha value is -6.44. The molecule has 0 bridgehead atoms. The van der Waals surface area contributed by atoms with Gasteiger partial charge in [-0.2, -0.15) is 0 Å². The van der Waals surface area contributed by atoms with E-state index in [0.29, 0.717) is 0 Å². The second-order valence-corrected chi connectivity index (χ2v) is 13.0. The summed E-state index contributed by atoms with van der Waals surface area (Å²) in [5.41, 5.74) is 16.0. The van der Waals surface area contributed by atoms with Crippen LogP contribution in [0.2, 0.25) is 0 Å². The molecule has 49 heavy (non-hydrogen) atoms. The predicted molar refractivity (Wildman–Crippen MR) is 208 cm³/mol. The van der Waals surface area contributed by atoms with E-state index in [1.54, 1.807) is 0 Å². The van der Waals surface area contributed by atoms with Crippen LogP contribution in [0.1, 0.15) is 0 Å². The summed E-state index contributed by atoms with van der Waals surface area (Å²) < 4.78 is 2.44. The molecule has 1 nitrogen and oxygen atoms in total. The largest absolute Gasteiger partial charge is 0.308 e. The fourth-order valence-electron chi connectivity index (χ4n) is 7.73. The minimum atomic E-state index is 1.21. The molecule has 10 rings (SSSR count). The van der Waals surface area contributed by atoms with Crippen molar-refractivity contribution in [3.05, 3.63) is 188 Å². The fraction of sp³-hybridized carbons (Fsp3) is 0. The molecule has 2 heterocycles. The molecule has 0 aliphatic carbocycles. The lowest BCUT2D eigenvalue weighted by Crippen LogP contribution is -1.87. The van der Waals surface area contributed by atoms with Crippen molar-refractivity contribution < 1.29 is 0 Å². The highest BCUT2D eigenvalue weighted by atomic mass is 14.9. The minimum Gasteiger partial charge on any atom is -0.308 e. The van der Waals surface area contributed by atoms with Crippen molar-refractivity contribution in [3.8, 4) is 55.6 Å². The number of aromatic nitrogens is 1. The van der Waals surface area contributed by atoms with Crippen LogP contribution < -0.4 is 0 Å². The van der Waals surface area contributed by atoms with Crippen molar-refractivity contribution in [2.75, 3.05) is 0 Å². The number of hydrogen-bond donors (Lipinski definition) is 0. The van der Waals surface area contributed by atoms with Crippen LogP contribution in [0.15, 0.2) is 188 Å². The van der Waals surface area contributed by atoms with Gasteiger partial charge in [0.25, 0.3) is 0 Å². The third-order valence-corrected chi connectivity index (χ3v) is 10.1. The Balaban J connectivity index is 1.02. The summed E-state index contributed by atoms with van der Waals surface area (Å²) in [4.78, 5) is 0. The van der Waals surface area contributed by atoms with Crippen LogP contribution >= 0.6 is 0 Å². The Morgan fingerprint density at radius 1 is 0.224 bits per heavy atom. The van der Waals surface area contributed by atoms with E-state index in [2.05, 4.69) is 192 Å². The zero-order valence-corrected chi connectivity index (χ0v) is 26.8. The first-order valence-electron chi connectivity index (χ1n) is 16.9. The predicted octanol–water partition coefficient (Wildman–Crippen LogP) is 13.2. The van der Waals surface area contributed by atoms with Gasteiger partial charge in [0.15, 0.2) is 0 Å². The van der Waals surface area contributed by atoms with Gasteiger partial charge in [0, 0.05) is 21.5 Å². The second-order valence-electron chi connectivity index (χ2n) is 13.0. The van der Waals surface area contributed by atoms with Gasteiger partial charge in [0.05, 0.1) is 16.6 Å². The molecule has 0 spiro atoms. The molecule has 2 aromatic heterocycles. The molecule has 228 valence electrons. The summed E-state index contributed by atoms with van der Waals surface area (Å²) in [6.45, 7) is 0. The van der Waals surface area contributed by atoms with Crippen molar-refractivity contribution in [1.29, 1.82) is 0 Å². The molecule has 1 heteroatoms. The number of rotatable bonds is 5. The van der Waals surface area contributed by atoms with Crippen molar-refractivity contribution in [2.45, 2.75) is 0 Å². The standard InChI is InChI=1S/C48H31N/c1-3-11-32(12-4-1)39-28-40(33-13-5-2-6-14-33)30-41(29-39)37-16-9-15-36(27-37)34-21-23-35(24-22-34)38-25-26-47-45(31-38)44-19-10-18-43-42-17-7-8-20-46(42)49(47)48(43)44/h1-31H. The molecule has 10 aromatic rings. The van der Waals surface area contributed by atoms with Gasteiger partial charge < -0.3 is 4.40 Å². The maximum absolute atomic E-state index is 2.44. The van der Waals surface area contributed by atoms with E-state index >= 15 is 0 Å². The minimum absolute atomic E-state index is 1.21. The first-order valence-corrected chi connectivity index (χ1v) is 16.9. The summed E-state index contributed by atoms with van der Waals surface area (Å²) >= 11 is 0. The van der Waals surface area contributed by atoms with Crippen LogP contribution in [0.25, 0.3) is 93.7 Å². The number of benzene rings is 8. The van der Waals surface area contributed by atoms with E-state index in [-0.39, 0.29) is 0 Å². The van der Waals surface area contributed by atoms with Gasteiger partial charge in [-0.25, -0.2) is 0 Å². The van der Waals surface area contributed by atoms with Gasteiger partial charge in [-0.15, -0.1) is 0 Å². The third-order valence-electron chi connectivity index (χ3n) is 10.1. The molecule has 0 amide bonds.